The molecule has 5 rings (SSSR count). The molecule has 6 nitrogen and oxygen atoms in total. The number of phenols is 1. The summed E-state index contributed by atoms with van der Waals surface area (Å²) < 4.78 is 1.63. The molecule has 0 radical (unpaired) electrons. The molecule has 1 saturated heterocycles. The van der Waals surface area contributed by atoms with Crippen LogP contribution in [-0.4, -0.2) is 27.8 Å². The molecular formula is C24H25N4O2+. The first-order valence-corrected chi connectivity index (χ1v) is 10.4. The number of rotatable bonds is 3. The van der Waals surface area contributed by atoms with Crippen molar-refractivity contribution in [2.75, 3.05) is 18.0 Å². The largest absolute Gasteiger partial charge is 0.508 e. The maximum atomic E-state index is 13.5. The molecule has 1 aliphatic rings. The van der Waals surface area contributed by atoms with E-state index < -0.39 is 0 Å². The number of anilines is 1. The molecule has 0 saturated carbocycles. The average molecular weight is 401 g/mol. The fourth-order valence-corrected chi connectivity index (χ4v) is 4.42. The Balaban J connectivity index is 1.78. The van der Waals surface area contributed by atoms with E-state index in [2.05, 4.69) is 27.1 Å². The van der Waals surface area contributed by atoms with E-state index in [1.165, 1.54) is 6.42 Å². The van der Waals surface area contributed by atoms with Crippen LogP contribution in [0.5, 0.6) is 5.75 Å². The van der Waals surface area contributed by atoms with Gasteiger partial charge in [-0.3, -0.25) is 0 Å². The summed E-state index contributed by atoms with van der Waals surface area (Å²) in [4.78, 5) is 19.4. The van der Waals surface area contributed by atoms with E-state index in [4.69, 9.17) is 0 Å². The monoisotopic (exact) mass is 401 g/mol. The zero-order chi connectivity index (χ0) is 20.7. The Morgan fingerprint density at radius 3 is 2.33 bits per heavy atom. The van der Waals surface area contributed by atoms with Gasteiger partial charge in [-0.25, -0.2) is 14.9 Å². The van der Waals surface area contributed by atoms with Crippen LogP contribution in [0.25, 0.3) is 28.0 Å². The van der Waals surface area contributed by atoms with Crippen molar-refractivity contribution in [1.29, 1.82) is 0 Å². The molecule has 1 aliphatic heterocycles. The minimum Gasteiger partial charge on any atom is -0.508 e. The number of aromatic nitrogens is 3. The van der Waals surface area contributed by atoms with Gasteiger partial charge in [-0.15, -0.1) is 0 Å². The second kappa shape index (κ2) is 7.37. The lowest BCUT2D eigenvalue weighted by atomic mass is 10.1. The quantitative estimate of drug-likeness (QED) is 0.549. The summed E-state index contributed by atoms with van der Waals surface area (Å²) >= 11 is 0. The number of hydrogen-bond acceptors (Lipinski definition) is 3. The lowest BCUT2D eigenvalue weighted by molar-refractivity contribution is -0.359. The van der Waals surface area contributed by atoms with E-state index in [9.17, 15) is 9.90 Å². The molecule has 0 bridgehead atoms. The van der Waals surface area contributed by atoms with Gasteiger partial charge in [0.05, 0.1) is 0 Å². The molecule has 152 valence electrons. The highest BCUT2D eigenvalue weighted by Crippen LogP contribution is 2.34. The van der Waals surface area contributed by atoms with Gasteiger partial charge in [-0.05, 0) is 43.9 Å². The predicted molar refractivity (Wildman–Crippen MR) is 118 cm³/mol. The van der Waals surface area contributed by atoms with Crippen molar-refractivity contribution in [2.24, 2.45) is 0 Å². The Labute approximate surface area is 174 Å². The fourth-order valence-electron chi connectivity index (χ4n) is 4.42. The van der Waals surface area contributed by atoms with Gasteiger partial charge in [0.25, 0.3) is 0 Å². The van der Waals surface area contributed by atoms with Crippen molar-refractivity contribution >= 4 is 11.3 Å². The SMILES string of the molecule is Cc1[nH+]c2c(N3CCCCC3)c(-c3ccccc3)[nH]n2c(=O)c1-c1ccc(O)cc1. The zero-order valence-corrected chi connectivity index (χ0v) is 17.0. The van der Waals surface area contributed by atoms with Crippen LogP contribution in [0.15, 0.2) is 59.4 Å². The maximum Gasteiger partial charge on any atom is 0.369 e. The summed E-state index contributed by atoms with van der Waals surface area (Å²) in [6.07, 6.45) is 3.55. The fraction of sp³-hybridized carbons (Fsp3) is 0.250. The molecule has 0 spiro atoms. The molecule has 1 fully saturated rings. The molecule has 2 aromatic carbocycles. The van der Waals surface area contributed by atoms with Gasteiger partial charge >= 0.3 is 11.2 Å². The Kier molecular flexibility index (Phi) is 4.54. The number of nitrogens with one attached hydrogen (secondary N) is 2. The number of H-pyrrole nitrogens is 2. The molecule has 3 heterocycles. The number of fused-ring (bicyclic) bond motifs is 1. The van der Waals surface area contributed by atoms with Gasteiger partial charge in [0.1, 0.15) is 22.7 Å². The zero-order valence-electron chi connectivity index (χ0n) is 17.0. The topological polar surface area (TPSA) is 74.9 Å². The van der Waals surface area contributed by atoms with Gasteiger partial charge in [0, 0.05) is 18.7 Å². The second-order valence-corrected chi connectivity index (χ2v) is 7.91. The number of phenolic OH excluding ortho intramolecular Hbond substituents is 1. The van der Waals surface area contributed by atoms with Crippen molar-refractivity contribution in [3.8, 4) is 28.1 Å². The Morgan fingerprint density at radius 2 is 1.63 bits per heavy atom. The third kappa shape index (κ3) is 3.05. The Morgan fingerprint density at radius 1 is 0.933 bits per heavy atom. The number of aromatic amines is 2. The van der Waals surface area contributed by atoms with E-state index >= 15 is 0 Å². The van der Waals surface area contributed by atoms with Crippen LogP contribution < -0.4 is 15.4 Å². The van der Waals surface area contributed by atoms with Gasteiger partial charge in [0.2, 0.25) is 0 Å². The number of benzene rings is 2. The lowest BCUT2D eigenvalue weighted by Crippen LogP contribution is -2.32. The third-order valence-electron chi connectivity index (χ3n) is 5.90. The van der Waals surface area contributed by atoms with Crippen LogP contribution in [0.4, 0.5) is 5.69 Å². The molecule has 0 amide bonds. The first kappa shape index (κ1) is 18.5. The molecule has 6 heteroatoms. The smallest absolute Gasteiger partial charge is 0.369 e. The number of piperidine rings is 1. The molecule has 2 aromatic heterocycles. The highest BCUT2D eigenvalue weighted by molar-refractivity contribution is 5.85. The number of nitrogens with zero attached hydrogens (tertiary/aromatic N) is 2. The minimum atomic E-state index is -0.104. The van der Waals surface area contributed by atoms with Gasteiger partial charge < -0.3 is 10.0 Å². The summed E-state index contributed by atoms with van der Waals surface area (Å²) in [7, 11) is 0. The minimum absolute atomic E-state index is 0.104. The standard InChI is InChI=1S/C24H24N4O2/c1-16-20(17-10-12-19(29)13-11-17)24(30)28-23(25-16)22(27-14-6-3-7-15-27)21(26-28)18-8-4-2-5-9-18/h2,4-5,8-13,26,29H,3,6-7,14-15H2,1H3/p+1. The van der Waals surface area contributed by atoms with E-state index in [0.29, 0.717) is 5.56 Å². The second-order valence-electron chi connectivity index (χ2n) is 7.91. The van der Waals surface area contributed by atoms with Crippen LogP contribution in [0.2, 0.25) is 0 Å². The molecule has 3 N–H and O–H groups in total. The Bertz CT molecular complexity index is 1250. The van der Waals surface area contributed by atoms with E-state index in [0.717, 1.165) is 59.8 Å². The van der Waals surface area contributed by atoms with E-state index in [1.807, 2.05) is 25.1 Å². The highest BCUT2D eigenvalue weighted by atomic mass is 16.3. The molecule has 30 heavy (non-hydrogen) atoms. The molecule has 0 aliphatic carbocycles. The molecule has 0 unspecified atom stereocenters. The van der Waals surface area contributed by atoms with E-state index in [-0.39, 0.29) is 11.3 Å². The maximum absolute atomic E-state index is 13.5. The van der Waals surface area contributed by atoms with Gasteiger partial charge in [-0.1, -0.05) is 47.0 Å². The number of aromatic hydroxyl groups is 1. The van der Waals surface area contributed by atoms with Gasteiger partial charge in [-0.2, -0.15) is 0 Å². The van der Waals surface area contributed by atoms with Crippen LogP contribution in [0.1, 0.15) is 25.0 Å². The summed E-state index contributed by atoms with van der Waals surface area (Å²) in [6, 6.07) is 16.9. The number of hydrogen-bond donors (Lipinski definition) is 2. The highest BCUT2D eigenvalue weighted by Gasteiger charge is 2.29. The van der Waals surface area contributed by atoms with Gasteiger partial charge in [0.15, 0.2) is 5.69 Å². The van der Waals surface area contributed by atoms with Crippen LogP contribution >= 0.6 is 0 Å². The first-order chi connectivity index (χ1) is 14.6. The number of aryl methyl sites for hydroxylation is 1. The van der Waals surface area contributed by atoms with Crippen molar-refractivity contribution in [3.05, 3.63) is 70.6 Å². The lowest BCUT2D eigenvalue weighted by Gasteiger charge is -2.27. The average Bonchev–Trinajstić information content (AvgIpc) is 3.16. The van der Waals surface area contributed by atoms with Crippen molar-refractivity contribution in [2.45, 2.75) is 26.2 Å². The van der Waals surface area contributed by atoms with Crippen LogP contribution in [-0.2, 0) is 0 Å². The van der Waals surface area contributed by atoms with Crippen molar-refractivity contribution < 1.29 is 10.1 Å². The normalized spacial score (nSPS) is 14.4. The molecule has 4 aromatic rings. The summed E-state index contributed by atoms with van der Waals surface area (Å²) in [6.45, 7) is 3.89. The molecule has 0 atom stereocenters. The van der Waals surface area contributed by atoms with E-state index in [1.54, 1.807) is 28.8 Å². The van der Waals surface area contributed by atoms with Crippen LogP contribution in [0.3, 0.4) is 0 Å². The third-order valence-corrected chi connectivity index (χ3v) is 5.90. The van der Waals surface area contributed by atoms with Crippen LogP contribution in [0, 0.1) is 6.92 Å². The Hall–Kier alpha value is -3.54. The summed E-state index contributed by atoms with van der Waals surface area (Å²) in [5.74, 6) is 0.181. The van der Waals surface area contributed by atoms with Crippen molar-refractivity contribution in [3.63, 3.8) is 0 Å². The predicted octanol–water partition coefficient (Wildman–Crippen LogP) is 3.78. The first-order valence-electron chi connectivity index (χ1n) is 10.4. The summed E-state index contributed by atoms with van der Waals surface area (Å²) in [5, 5.41) is 13.0. The summed E-state index contributed by atoms with van der Waals surface area (Å²) in [5.41, 5.74) is 5.93. The molecular weight excluding hydrogens is 376 g/mol. The van der Waals surface area contributed by atoms with Crippen molar-refractivity contribution in [1.82, 2.24) is 9.61 Å².